The van der Waals surface area contributed by atoms with E-state index in [0.29, 0.717) is 0 Å². The van der Waals surface area contributed by atoms with Gasteiger partial charge in [0.15, 0.2) is 0 Å². The first-order valence-electron chi connectivity index (χ1n) is 4.57. The van der Waals surface area contributed by atoms with Gasteiger partial charge in [0.05, 0.1) is 0 Å². The lowest BCUT2D eigenvalue weighted by molar-refractivity contribution is -0.124. The fraction of sp³-hybridized carbons (Fsp3) is 0.700. The predicted octanol–water partition coefficient (Wildman–Crippen LogP) is 0.878. The van der Waals surface area contributed by atoms with Gasteiger partial charge in [0.1, 0.15) is 0 Å². The molecule has 1 saturated carbocycles. The molecule has 2 rings (SSSR count). The Kier molecular flexibility index (Phi) is 1.80. The molecular weight excluding hydrogens is 150 g/mol. The zero-order valence-corrected chi connectivity index (χ0v) is 7.12. The molecule has 1 amide bonds. The molecule has 2 aliphatic rings. The number of hydrogen-bond acceptors (Lipinski definition) is 1. The minimum absolute atomic E-state index is 0.121. The van der Waals surface area contributed by atoms with E-state index in [1.54, 1.807) is 0 Å². The molecule has 0 aromatic heterocycles. The van der Waals surface area contributed by atoms with Gasteiger partial charge < -0.3 is 4.90 Å². The first-order chi connectivity index (χ1) is 5.81. The van der Waals surface area contributed by atoms with Gasteiger partial charge in [0, 0.05) is 13.1 Å². The van der Waals surface area contributed by atoms with E-state index in [9.17, 15) is 4.79 Å². The van der Waals surface area contributed by atoms with E-state index < -0.39 is 0 Å². The summed E-state index contributed by atoms with van der Waals surface area (Å²) in [6.45, 7) is 1.82. The van der Waals surface area contributed by atoms with Gasteiger partial charge >= 0.3 is 0 Å². The Morgan fingerprint density at radius 3 is 2.42 bits per heavy atom. The highest BCUT2D eigenvalue weighted by Crippen LogP contribution is 2.37. The van der Waals surface area contributed by atoms with E-state index >= 15 is 0 Å². The number of terminal acetylenes is 1. The lowest BCUT2D eigenvalue weighted by Gasteiger charge is -2.12. The molecule has 2 fully saturated rings. The van der Waals surface area contributed by atoms with Crippen LogP contribution in [-0.4, -0.2) is 23.9 Å². The molecule has 1 aliphatic carbocycles. The van der Waals surface area contributed by atoms with Gasteiger partial charge in [0.2, 0.25) is 0 Å². The van der Waals surface area contributed by atoms with Crippen LogP contribution in [0, 0.1) is 24.2 Å². The maximum absolute atomic E-state index is 11.1. The molecule has 0 spiro atoms. The summed E-state index contributed by atoms with van der Waals surface area (Å²) >= 11 is 0. The largest absolute Gasteiger partial charge is 0.331 e. The summed E-state index contributed by atoms with van der Waals surface area (Å²) in [5.74, 6) is 3.57. The van der Waals surface area contributed by atoms with E-state index in [4.69, 9.17) is 6.42 Å². The Morgan fingerprint density at radius 2 is 1.92 bits per heavy atom. The molecule has 0 aromatic carbocycles. The van der Waals surface area contributed by atoms with E-state index in [-0.39, 0.29) is 5.91 Å². The normalized spacial score (nSPS) is 33.1. The molecule has 1 heterocycles. The van der Waals surface area contributed by atoms with E-state index in [2.05, 4.69) is 5.92 Å². The second kappa shape index (κ2) is 2.82. The van der Waals surface area contributed by atoms with Crippen molar-refractivity contribution in [2.45, 2.75) is 19.3 Å². The molecule has 12 heavy (non-hydrogen) atoms. The summed E-state index contributed by atoms with van der Waals surface area (Å²) in [4.78, 5) is 13.0. The van der Waals surface area contributed by atoms with Gasteiger partial charge in [-0.15, -0.1) is 6.42 Å². The third kappa shape index (κ3) is 1.10. The van der Waals surface area contributed by atoms with Gasteiger partial charge in [-0.05, 0) is 30.6 Å². The highest BCUT2D eigenvalue weighted by Gasteiger charge is 2.37. The molecule has 1 saturated heterocycles. The minimum atomic E-state index is -0.121. The molecule has 0 aromatic rings. The maximum Gasteiger partial charge on any atom is 0.298 e. The molecule has 1 aliphatic heterocycles. The first-order valence-corrected chi connectivity index (χ1v) is 4.57. The van der Waals surface area contributed by atoms with Gasteiger partial charge in [-0.25, -0.2) is 0 Å². The SMILES string of the molecule is C#CC(=O)N1CC2CCCC2C1. The summed E-state index contributed by atoms with van der Waals surface area (Å²) < 4.78 is 0. The average molecular weight is 163 g/mol. The molecule has 2 nitrogen and oxygen atoms in total. The number of likely N-dealkylation sites (tertiary alicyclic amines) is 1. The summed E-state index contributed by atoms with van der Waals surface area (Å²) in [6.07, 6.45) is 8.98. The third-order valence-electron chi connectivity index (χ3n) is 3.14. The van der Waals surface area contributed by atoms with Crippen molar-refractivity contribution < 1.29 is 4.79 Å². The van der Waals surface area contributed by atoms with Crippen molar-refractivity contribution in [2.24, 2.45) is 11.8 Å². The van der Waals surface area contributed by atoms with Crippen LogP contribution >= 0.6 is 0 Å². The lowest BCUT2D eigenvalue weighted by atomic mass is 10.0. The standard InChI is InChI=1S/C10H13NO/c1-2-10(12)11-6-8-4-3-5-9(8)7-11/h1,8-9H,3-7H2. The Bertz CT molecular complexity index is 229. The molecule has 2 heteroatoms. The van der Waals surface area contributed by atoms with Gasteiger partial charge in [-0.1, -0.05) is 6.42 Å². The number of fused-ring (bicyclic) bond motifs is 1. The maximum atomic E-state index is 11.1. The molecule has 0 N–H and O–H groups in total. The van der Waals surface area contributed by atoms with Crippen molar-refractivity contribution in [3.8, 4) is 12.3 Å². The summed E-state index contributed by atoms with van der Waals surface area (Å²) in [7, 11) is 0. The van der Waals surface area contributed by atoms with Crippen LogP contribution < -0.4 is 0 Å². The topological polar surface area (TPSA) is 20.3 Å². The number of carbonyl (C=O) groups excluding carboxylic acids is 1. The van der Waals surface area contributed by atoms with Crippen LogP contribution in [0.2, 0.25) is 0 Å². The first kappa shape index (κ1) is 7.67. The van der Waals surface area contributed by atoms with Crippen molar-refractivity contribution in [3.05, 3.63) is 0 Å². The lowest BCUT2D eigenvalue weighted by Crippen LogP contribution is -2.27. The second-order valence-electron chi connectivity index (χ2n) is 3.81. The summed E-state index contributed by atoms with van der Waals surface area (Å²) in [5.41, 5.74) is 0. The van der Waals surface area contributed by atoms with Crippen molar-refractivity contribution in [1.82, 2.24) is 4.90 Å². The smallest absolute Gasteiger partial charge is 0.298 e. The predicted molar refractivity (Wildman–Crippen MR) is 46.2 cm³/mol. The highest BCUT2D eigenvalue weighted by molar-refractivity contribution is 5.93. The number of amides is 1. The van der Waals surface area contributed by atoms with Crippen LogP contribution in [0.3, 0.4) is 0 Å². The number of hydrogen-bond donors (Lipinski definition) is 0. The van der Waals surface area contributed by atoms with Crippen molar-refractivity contribution in [1.29, 1.82) is 0 Å². The minimum Gasteiger partial charge on any atom is -0.331 e. The summed E-state index contributed by atoms with van der Waals surface area (Å²) in [5, 5.41) is 0. The molecule has 2 unspecified atom stereocenters. The zero-order valence-electron chi connectivity index (χ0n) is 7.12. The monoisotopic (exact) mass is 163 g/mol. The van der Waals surface area contributed by atoms with Gasteiger partial charge in [-0.2, -0.15) is 0 Å². The van der Waals surface area contributed by atoms with E-state index in [1.165, 1.54) is 19.3 Å². The average Bonchev–Trinajstić information content (AvgIpc) is 2.60. The number of nitrogens with zero attached hydrogens (tertiary/aromatic N) is 1. The van der Waals surface area contributed by atoms with Crippen LogP contribution in [0.5, 0.6) is 0 Å². The van der Waals surface area contributed by atoms with Gasteiger partial charge in [-0.3, -0.25) is 4.79 Å². The Labute approximate surface area is 72.9 Å². The van der Waals surface area contributed by atoms with E-state index in [1.807, 2.05) is 4.90 Å². The quantitative estimate of drug-likeness (QED) is 0.485. The van der Waals surface area contributed by atoms with Crippen LogP contribution in [0.15, 0.2) is 0 Å². The number of rotatable bonds is 0. The Morgan fingerprint density at radius 1 is 1.33 bits per heavy atom. The van der Waals surface area contributed by atoms with Crippen LogP contribution in [0.25, 0.3) is 0 Å². The van der Waals surface area contributed by atoms with Crippen molar-refractivity contribution in [3.63, 3.8) is 0 Å². The zero-order chi connectivity index (χ0) is 8.55. The highest BCUT2D eigenvalue weighted by atomic mass is 16.2. The van der Waals surface area contributed by atoms with Crippen molar-refractivity contribution >= 4 is 5.91 Å². The molecule has 64 valence electrons. The molecule has 0 radical (unpaired) electrons. The Hall–Kier alpha value is -0.970. The van der Waals surface area contributed by atoms with Gasteiger partial charge in [0.25, 0.3) is 5.91 Å². The third-order valence-corrected chi connectivity index (χ3v) is 3.14. The van der Waals surface area contributed by atoms with Crippen molar-refractivity contribution in [2.75, 3.05) is 13.1 Å². The van der Waals surface area contributed by atoms with Crippen LogP contribution in [0.4, 0.5) is 0 Å². The Balaban J connectivity index is 2.00. The fourth-order valence-corrected chi connectivity index (χ4v) is 2.49. The van der Waals surface area contributed by atoms with Crippen LogP contribution in [0.1, 0.15) is 19.3 Å². The summed E-state index contributed by atoms with van der Waals surface area (Å²) in [6, 6.07) is 0. The molecule has 0 bridgehead atoms. The molecular formula is C10H13NO. The van der Waals surface area contributed by atoms with Crippen LogP contribution in [-0.2, 0) is 4.79 Å². The second-order valence-corrected chi connectivity index (χ2v) is 3.81. The fourth-order valence-electron chi connectivity index (χ4n) is 2.49. The number of carbonyl (C=O) groups is 1. The molecule has 2 atom stereocenters. The van der Waals surface area contributed by atoms with E-state index in [0.717, 1.165) is 24.9 Å².